The Morgan fingerprint density at radius 1 is 1.32 bits per heavy atom. The zero-order valence-electron chi connectivity index (χ0n) is 11.2. The molecule has 2 atom stereocenters. The van der Waals surface area contributed by atoms with Crippen LogP contribution in [0.2, 0.25) is 0 Å². The fourth-order valence-corrected chi connectivity index (χ4v) is 4.67. The molecular weight excluding hydrogens is 244 g/mol. The van der Waals surface area contributed by atoms with Crippen LogP contribution >= 0.6 is 0 Å². The number of esters is 1. The molecule has 19 heavy (non-hydrogen) atoms. The van der Waals surface area contributed by atoms with E-state index in [9.17, 15) is 9.59 Å². The van der Waals surface area contributed by atoms with Crippen LogP contribution in [-0.4, -0.2) is 23.1 Å². The number of carboxylic acid groups (broad SMARTS) is 1. The molecule has 104 valence electrons. The summed E-state index contributed by atoms with van der Waals surface area (Å²) in [6, 6.07) is 0. The maximum Gasteiger partial charge on any atom is 0.330 e. The molecule has 1 N–H and O–H groups in total. The molecule has 2 saturated heterocycles. The van der Waals surface area contributed by atoms with E-state index >= 15 is 0 Å². The summed E-state index contributed by atoms with van der Waals surface area (Å²) in [5.41, 5.74) is 0.181. The Balaban J connectivity index is 0.000000160. The van der Waals surface area contributed by atoms with Crippen molar-refractivity contribution >= 4 is 11.9 Å². The van der Waals surface area contributed by atoms with Gasteiger partial charge in [0.2, 0.25) is 0 Å². The molecule has 4 aliphatic carbocycles. The Morgan fingerprint density at radius 2 is 1.84 bits per heavy atom. The predicted octanol–water partition coefficient (Wildman–Crippen LogP) is 2.39. The van der Waals surface area contributed by atoms with Crippen LogP contribution in [0.5, 0.6) is 0 Å². The van der Waals surface area contributed by atoms with Crippen LogP contribution in [0.15, 0.2) is 12.2 Å². The molecule has 4 saturated carbocycles. The van der Waals surface area contributed by atoms with Crippen LogP contribution in [0.3, 0.4) is 0 Å². The molecule has 4 nitrogen and oxygen atoms in total. The number of rotatable bonds is 1. The second kappa shape index (κ2) is 4.09. The van der Waals surface area contributed by atoms with Gasteiger partial charge in [0, 0.05) is 5.57 Å². The summed E-state index contributed by atoms with van der Waals surface area (Å²) in [5, 5.41) is 7.89. The molecule has 2 aliphatic heterocycles. The number of ether oxygens (including phenoxy) is 1. The van der Waals surface area contributed by atoms with Gasteiger partial charge in [0.25, 0.3) is 0 Å². The molecule has 0 aromatic rings. The first-order valence-corrected chi connectivity index (χ1v) is 7.01. The van der Waals surface area contributed by atoms with Crippen molar-refractivity contribution in [3.05, 3.63) is 12.2 Å². The Bertz CT molecular complexity index is 420. The second-order valence-electron chi connectivity index (χ2n) is 6.71. The molecule has 4 heteroatoms. The van der Waals surface area contributed by atoms with Crippen LogP contribution < -0.4 is 0 Å². The van der Waals surface area contributed by atoms with E-state index in [1.807, 2.05) is 0 Å². The van der Waals surface area contributed by atoms with Crippen molar-refractivity contribution in [2.45, 2.75) is 45.1 Å². The fraction of sp³-hybridized carbons (Fsp3) is 0.733. The van der Waals surface area contributed by atoms with E-state index in [0.717, 1.165) is 37.0 Å². The van der Waals surface area contributed by atoms with Gasteiger partial charge in [-0.25, -0.2) is 4.79 Å². The highest BCUT2D eigenvalue weighted by Crippen LogP contribution is 2.64. The van der Waals surface area contributed by atoms with E-state index in [2.05, 4.69) is 6.58 Å². The molecule has 1 spiro atoms. The maximum atomic E-state index is 11.7. The molecule has 0 aromatic heterocycles. The lowest BCUT2D eigenvalue weighted by molar-refractivity contribution is -0.233. The average molecular weight is 264 g/mol. The lowest BCUT2D eigenvalue weighted by Crippen LogP contribution is -2.63. The van der Waals surface area contributed by atoms with Gasteiger partial charge in [0.1, 0.15) is 6.10 Å². The Hall–Kier alpha value is -1.32. The third kappa shape index (κ3) is 1.88. The highest BCUT2D eigenvalue weighted by Gasteiger charge is 2.64. The largest absolute Gasteiger partial charge is 0.478 e. The van der Waals surface area contributed by atoms with Crippen molar-refractivity contribution < 1.29 is 19.4 Å². The zero-order chi connectivity index (χ0) is 13.8. The van der Waals surface area contributed by atoms with Gasteiger partial charge in [-0.1, -0.05) is 6.58 Å². The van der Waals surface area contributed by atoms with Crippen molar-refractivity contribution in [3.8, 4) is 0 Å². The van der Waals surface area contributed by atoms with Crippen LogP contribution in [0.25, 0.3) is 0 Å². The summed E-state index contributed by atoms with van der Waals surface area (Å²) in [6.07, 6.45) is 6.47. The number of hydrogen-bond acceptors (Lipinski definition) is 3. The predicted molar refractivity (Wildman–Crippen MR) is 68.3 cm³/mol. The van der Waals surface area contributed by atoms with Gasteiger partial charge >= 0.3 is 11.9 Å². The molecule has 2 unspecified atom stereocenters. The van der Waals surface area contributed by atoms with E-state index in [-0.39, 0.29) is 17.0 Å². The summed E-state index contributed by atoms with van der Waals surface area (Å²) < 4.78 is 5.55. The lowest BCUT2D eigenvalue weighted by atomic mass is 9.47. The summed E-state index contributed by atoms with van der Waals surface area (Å²) in [5.74, 6) is 1.55. The van der Waals surface area contributed by atoms with Gasteiger partial charge in [0.05, 0.1) is 5.41 Å². The number of fused-ring (bicyclic) bond motifs is 1. The Kier molecular flexibility index (Phi) is 2.73. The molecule has 6 fully saturated rings. The third-order valence-corrected chi connectivity index (χ3v) is 5.23. The van der Waals surface area contributed by atoms with Gasteiger partial charge in [-0.05, 0) is 56.8 Å². The maximum absolute atomic E-state index is 11.7. The first-order chi connectivity index (χ1) is 8.91. The highest BCUT2D eigenvalue weighted by atomic mass is 16.5. The average Bonchev–Trinajstić information content (AvgIpc) is 2.31. The van der Waals surface area contributed by atoms with E-state index in [1.54, 1.807) is 0 Å². The molecule has 0 radical (unpaired) electrons. The first-order valence-electron chi connectivity index (χ1n) is 7.01. The summed E-state index contributed by atoms with van der Waals surface area (Å²) in [7, 11) is 0. The first kappa shape index (κ1) is 12.7. The minimum absolute atomic E-state index is 0.00521. The van der Waals surface area contributed by atoms with Crippen molar-refractivity contribution in [2.75, 3.05) is 0 Å². The molecule has 0 amide bonds. The van der Waals surface area contributed by atoms with Crippen molar-refractivity contribution in [1.29, 1.82) is 0 Å². The molecule has 6 rings (SSSR count). The molecular formula is C15H20O4. The summed E-state index contributed by atoms with van der Waals surface area (Å²) >= 11 is 0. The van der Waals surface area contributed by atoms with Crippen LogP contribution in [0.1, 0.15) is 39.0 Å². The Morgan fingerprint density at radius 3 is 2.32 bits per heavy atom. The number of hydrogen-bond donors (Lipinski definition) is 1. The fourth-order valence-electron chi connectivity index (χ4n) is 4.67. The van der Waals surface area contributed by atoms with Crippen LogP contribution in [-0.2, 0) is 14.3 Å². The van der Waals surface area contributed by atoms with Gasteiger partial charge in [0.15, 0.2) is 0 Å². The topological polar surface area (TPSA) is 63.6 Å². The number of carbonyl (C=O) groups excluding carboxylic acids is 1. The van der Waals surface area contributed by atoms with Crippen LogP contribution in [0, 0.1) is 23.2 Å². The third-order valence-electron chi connectivity index (χ3n) is 5.23. The molecule has 6 aliphatic rings. The van der Waals surface area contributed by atoms with Gasteiger partial charge in [-0.15, -0.1) is 0 Å². The van der Waals surface area contributed by atoms with E-state index in [0.29, 0.717) is 6.10 Å². The zero-order valence-corrected chi connectivity index (χ0v) is 11.2. The van der Waals surface area contributed by atoms with Crippen molar-refractivity contribution in [2.24, 2.45) is 23.2 Å². The molecule has 0 aromatic carbocycles. The van der Waals surface area contributed by atoms with Crippen LogP contribution in [0.4, 0.5) is 0 Å². The lowest BCUT2D eigenvalue weighted by Gasteiger charge is -2.62. The van der Waals surface area contributed by atoms with Crippen molar-refractivity contribution in [1.82, 2.24) is 0 Å². The van der Waals surface area contributed by atoms with E-state index in [4.69, 9.17) is 9.84 Å². The minimum atomic E-state index is -0.935. The van der Waals surface area contributed by atoms with Gasteiger partial charge in [-0.2, -0.15) is 0 Å². The number of aliphatic carboxylic acids is 1. The minimum Gasteiger partial charge on any atom is -0.478 e. The number of carbonyl (C=O) groups is 2. The SMILES string of the molecule is C=C(C)C(=O)O.O=C1OC2C3CC4CC2CC1(C4)C3. The monoisotopic (exact) mass is 264 g/mol. The van der Waals surface area contributed by atoms with Gasteiger partial charge in [-0.3, -0.25) is 4.79 Å². The smallest absolute Gasteiger partial charge is 0.330 e. The second-order valence-corrected chi connectivity index (χ2v) is 6.71. The summed E-state index contributed by atoms with van der Waals surface area (Å²) in [6.45, 7) is 4.60. The van der Waals surface area contributed by atoms with E-state index < -0.39 is 5.97 Å². The van der Waals surface area contributed by atoms with Crippen molar-refractivity contribution in [3.63, 3.8) is 0 Å². The van der Waals surface area contributed by atoms with E-state index in [1.165, 1.54) is 19.8 Å². The molecule has 2 heterocycles. The number of carboxylic acids is 1. The quantitative estimate of drug-likeness (QED) is 0.583. The normalized spacial score (nSPS) is 44.4. The highest BCUT2D eigenvalue weighted by molar-refractivity contribution is 5.84. The molecule has 5 bridgehead atoms. The van der Waals surface area contributed by atoms with Gasteiger partial charge < -0.3 is 9.84 Å². The Labute approximate surface area is 112 Å². The standard InChI is InChI=1S/C11H14O2.C4H6O2/c12-10-11-3-6-1-7(4-11)9(13-10)8(2-6)5-11;1-3(2)4(5)6/h6-9H,1-5H2;1H2,2H3,(H,5,6). The summed E-state index contributed by atoms with van der Waals surface area (Å²) in [4.78, 5) is 21.3.